The molecular weight excluding hydrogens is 646 g/mol. The molecule has 0 spiro atoms. The minimum absolute atomic E-state index is 0.0323. The summed E-state index contributed by atoms with van der Waals surface area (Å²) in [6, 6.07) is 21.9. The molecule has 3 aliphatic heterocycles. The second kappa shape index (κ2) is 14.8. The van der Waals surface area contributed by atoms with E-state index in [1.165, 1.54) is 6.07 Å². The van der Waals surface area contributed by atoms with E-state index in [2.05, 4.69) is 20.0 Å². The number of anilines is 3. The molecule has 13 heteroatoms. The molecule has 2 N–H and O–H groups in total. The van der Waals surface area contributed by atoms with E-state index in [1.807, 2.05) is 60.7 Å². The second-order valence-electron chi connectivity index (χ2n) is 12.8. The van der Waals surface area contributed by atoms with Gasteiger partial charge in [-0.15, -0.1) is 10.2 Å². The maximum absolute atomic E-state index is 15.1. The van der Waals surface area contributed by atoms with Crippen LogP contribution in [0.15, 0.2) is 72.8 Å². The molecule has 4 heterocycles. The third-order valence-corrected chi connectivity index (χ3v) is 9.60. The Hall–Kier alpha value is -5.17. The molecule has 1 amide bonds. The molecule has 3 saturated heterocycles. The summed E-state index contributed by atoms with van der Waals surface area (Å²) >= 11 is 0. The molecule has 0 aliphatic carbocycles. The van der Waals surface area contributed by atoms with Crippen LogP contribution in [0.1, 0.15) is 31.2 Å². The summed E-state index contributed by atoms with van der Waals surface area (Å²) in [6.07, 6.45) is 1.95. The van der Waals surface area contributed by atoms with Gasteiger partial charge in [0.25, 0.3) is 0 Å². The fourth-order valence-corrected chi connectivity index (χ4v) is 7.16. The fraction of sp³-hybridized carbons (Fsp3) is 0.378. The molecule has 3 aliphatic rings. The molecule has 3 aromatic carbocycles. The number of nitrogens with two attached hydrogens (primary N) is 1. The van der Waals surface area contributed by atoms with Crippen LogP contribution in [0.4, 0.5) is 30.8 Å². The molecule has 4 aromatic rings. The number of hydrogen-bond donors (Lipinski definition) is 1. The third-order valence-electron chi connectivity index (χ3n) is 9.60. The number of rotatable bonds is 10. The molecular formula is C37H40F2N6O5. The minimum Gasteiger partial charge on any atom is -0.487 e. The van der Waals surface area contributed by atoms with E-state index in [9.17, 15) is 4.79 Å². The van der Waals surface area contributed by atoms with E-state index in [0.717, 1.165) is 29.7 Å². The van der Waals surface area contributed by atoms with Crippen molar-refractivity contribution >= 4 is 23.3 Å². The average Bonchev–Trinajstić information content (AvgIpc) is 3.41. The van der Waals surface area contributed by atoms with Crippen molar-refractivity contribution in [3.63, 3.8) is 0 Å². The number of nitrogen functional groups attached to an aromatic ring is 1. The molecule has 7 rings (SSSR count). The number of nitrogens with zero attached hydrogens (tertiary/aromatic N) is 5. The Bertz CT molecular complexity index is 1790. The number of aromatic nitrogens is 2. The molecule has 0 radical (unpaired) electrons. The molecule has 50 heavy (non-hydrogen) atoms. The predicted molar refractivity (Wildman–Crippen MR) is 184 cm³/mol. The lowest BCUT2D eigenvalue weighted by Crippen LogP contribution is -2.54. The van der Waals surface area contributed by atoms with Crippen molar-refractivity contribution < 1.29 is 32.5 Å². The number of carbonyl (C=O) groups excluding carboxylic acids is 1. The number of benzene rings is 3. The molecule has 3 fully saturated rings. The van der Waals surface area contributed by atoms with Crippen molar-refractivity contribution in [2.45, 2.75) is 50.5 Å². The van der Waals surface area contributed by atoms with E-state index < -0.39 is 17.7 Å². The zero-order valence-electron chi connectivity index (χ0n) is 27.8. The van der Waals surface area contributed by atoms with Gasteiger partial charge in [-0.3, -0.25) is 0 Å². The number of likely N-dealkylation sites (tertiary alicyclic amines) is 1. The Morgan fingerprint density at radius 1 is 0.900 bits per heavy atom. The molecule has 0 unspecified atom stereocenters. The average molecular weight is 687 g/mol. The number of para-hydroxylation sites is 1. The summed E-state index contributed by atoms with van der Waals surface area (Å²) in [7, 11) is 1.56. The molecule has 0 saturated carbocycles. The molecule has 11 nitrogen and oxygen atoms in total. The Labute approximate surface area is 289 Å². The van der Waals surface area contributed by atoms with Crippen LogP contribution in [0, 0.1) is 11.6 Å². The van der Waals surface area contributed by atoms with Crippen LogP contribution in [0.25, 0.3) is 11.3 Å². The van der Waals surface area contributed by atoms with Crippen LogP contribution >= 0.6 is 0 Å². The van der Waals surface area contributed by atoms with Crippen molar-refractivity contribution in [2.75, 3.05) is 55.6 Å². The summed E-state index contributed by atoms with van der Waals surface area (Å²) in [5.74, 6) is -1.15. The summed E-state index contributed by atoms with van der Waals surface area (Å²) in [5.41, 5.74) is 10.0. The summed E-state index contributed by atoms with van der Waals surface area (Å²) in [5, 5.41) is 8.62. The van der Waals surface area contributed by atoms with Gasteiger partial charge in [0.1, 0.15) is 18.5 Å². The van der Waals surface area contributed by atoms with Crippen molar-refractivity contribution in [3.8, 4) is 22.8 Å². The third kappa shape index (κ3) is 7.09. The number of methoxy groups -OCH3 is 1. The summed E-state index contributed by atoms with van der Waals surface area (Å²) < 4.78 is 52.6. The molecule has 262 valence electrons. The standard InChI is InChI=1S/C37H40F2N6O5/c1-47-23-49-33-10-6-5-9-29(33)31-19-32(36(40)42-41-31)44-20-25-11-12-26(21-44)45(25)27-17-30(38)35(39)34(18-27)50-28-13-15-43(16-14-28)37(46)48-22-24-7-3-2-4-8-24/h2-10,17-19,25-26,28H,11-16,20-23H2,1H3,(H2,40,42)/t25-,26+. The predicted octanol–water partition coefficient (Wildman–Crippen LogP) is 6.02. The van der Waals surface area contributed by atoms with Crippen LogP contribution in [0.5, 0.6) is 11.5 Å². The monoisotopic (exact) mass is 686 g/mol. The van der Waals surface area contributed by atoms with Gasteiger partial charge in [-0.05, 0) is 36.6 Å². The van der Waals surface area contributed by atoms with E-state index in [1.54, 1.807) is 18.1 Å². The molecule has 1 aromatic heterocycles. The lowest BCUT2D eigenvalue weighted by molar-refractivity contribution is 0.0515. The Morgan fingerprint density at radius 2 is 1.62 bits per heavy atom. The lowest BCUT2D eigenvalue weighted by Gasteiger charge is -2.43. The quantitative estimate of drug-likeness (QED) is 0.199. The number of piperidine rings is 1. The van der Waals surface area contributed by atoms with Crippen LogP contribution in [-0.2, 0) is 16.1 Å². The van der Waals surface area contributed by atoms with E-state index in [-0.39, 0.29) is 37.3 Å². The lowest BCUT2D eigenvalue weighted by atomic mass is 10.1. The van der Waals surface area contributed by atoms with E-state index in [4.69, 9.17) is 24.7 Å². The van der Waals surface area contributed by atoms with Gasteiger partial charge >= 0.3 is 6.09 Å². The zero-order valence-corrected chi connectivity index (χ0v) is 27.8. The molecule has 2 atom stereocenters. The van der Waals surface area contributed by atoms with Gasteiger partial charge in [0, 0.05) is 81.6 Å². The van der Waals surface area contributed by atoms with Crippen molar-refractivity contribution in [2.24, 2.45) is 0 Å². The van der Waals surface area contributed by atoms with Gasteiger partial charge in [-0.25, -0.2) is 9.18 Å². The first kappa shape index (κ1) is 33.3. The topological polar surface area (TPSA) is 116 Å². The van der Waals surface area contributed by atoms with Crippen molar-refractivity contribution in [1.82, 2.24) is 15.1 Å². The van der Waals surface area contributed by atoms with Gasteiger partial charge in [0.2, 0.25) is 5.82 Å². The minimum atomic E-state index is -1.01. The largest absolute Gasteiger partial charge is 0.487 e. The smallest absolute Gasteiger partial charge is 0.410 e. The SMILES string of the molecule is COCOc1ccccc1-c1cc(N2C[C@H]3CC[C@@H](C2)N3c2cc(F)c(F)c(OC3CCN(C(=O)OCc4ccccc4)CC3)c2)c(N)nn1. The Balaban J connectivity index is 1.01. The summed E-state index contributed by atoms with van der Waals surface area (Å²) in [6.45, 7) is 2.31. The van der Waals surface area contributed by atoms with Crippen molar-refractivity contribution in [1.29, 1.82) is 0 Å². The maximum atomic E-state index is 15.1. The highest BCUT2D eigenvalue weighted by atomic mass is 19.2. The first-order chi connectivity index (χ1) is 24.4. The number of piperazine rings is 1. The van der Waals surface area contributed by atoms with Gasteiger partial charge in [-0.1, -0.05) is 42.5 Å². The first-order valence-corrected chi connectivity index (χ1v) is 16.9. The molecule has 2 bridgehead atoms. The number of ether oxygens (including phenoxy) is 4. The normalized spacial score (nSPS) is 19.1. The Morgan fingerprint density at radius 3 is 2.36 bits per heavy atom. The van der Waals surface area contributed by atoms with E-state index in [0.29, 0.717) is 62.0 Å². The number of fused-ring (bicyclic) bond motifs is 2. The highest BCUT2D eigenvalue weighted by Crippen LogP contribution is 2.41. The number of amides is 1. The van der Waals surface area contributed by atoms with Crippen LogP contribution in [-0.4, -0.2) is 79.5 Å². The number of carbonyl (C=O) groups is 1. The van der Waals surface area contributed by atoms with Crippen LogP contribution < -0.4 is 25.0 Å². The second-order valence-corrected chi connectivity index (χ2v) is 12.8. The van der Waals surface area contributed by atoms with Crippen LogP contribution in [0.3, 0.4) is 0 Å². The Kier molecular flexibility index (Phi) is 9.83. The van der Waals surface area contributed by atoms with Crippen LogP contribution in [0.2, 0.25) is 0 Å². The fourth-order valence-electron chi connectivity index (χ4n) is 7.16. The van der Waals surface area contributed by atoms with Crippen molar-refractivity contribution in [3.05, 3.63) is 90.0 Å². The highest BCUT2D eigenvalue weighted by molar-refractivity contribution is 5.75. The van der Waals surface area contributed by atoms with Gasteiger partial charge < -0.3 is 39.4 Å². The van der Waals surface area contributed by atoms with Gasteiger partial charge in [0.05, 0.1) is 11.4 Å². The number of halogens is 2. The highest BCUT2D eigenvalue weighted by Gasteiger charge is 2.41. The van der Waals surface area contributed by atoms with Gasteiger partial charge in [0.15, 0.2) is 24.2 Å². The maximum Gasteiger partial charge on any atom is 0.410 e. The first-order valence-electron chi connectivity index (χ1n) is 16.9. The number of hydrogen-bond acceptors (Lipinski definition) is 10. The zero-order chi connectivity index (χ0) is 34.6. The van der Waals surface area contributed by atoms with Gasteiger partial charge in [-0.2, -0.15) is 4.39 Å². The van der Waals surface area contributed by atoms with E-state index >= 15 is 8.78 Å². The summed E-state index contributed by atoms with van der Waals surface area (Å²) in [4.78, 5) is 18.6.